The van der Waals surface area contributed by atoms with E-state index in [1.54, 1.807) is 0 Å². The van der Waals surface area contributed by atoms with Gasteiger partial charge in [0.25, 0.3) is 0 Å². The Labute approximate surface area is 63.5 Å². The highest BCUT2D eigenvalue weighted by Gasteiger charge is 1.97. The van der Waals surface area contributed by atoms with Gasteiger partial charge >= 0.3 is 6.20 Å². The molecule has 0 N–H and O–H groups in total. The second-order valence-corrected chi connectivity index (χ2v) is 2.22. The summed E-state index contributed by atoms with van der Waals surface area (Å²) in [6, 6.07) is 7.47. The van der Waals surface area contributed by atoms with Crippen LogP contribution in [0.5, 0.6) is 0 Å². The Hall–Kier alpha value is -1.64. The van der Waals surface area contributed by atoms with E-state index in [0.29, 0.717) is 4.85 Å². The number of fused-ring (bicyclic) bond motifs is 1. The van der Waals surface area contributed by atoms with Crippen LogP contribution in [0.1, 0.15) is 0 Å². The van der Waals surface area contributed by atoms with Crippen LogP contribution in [0, 0.1) is 11.4 Å². The zero-order valence-corrected chi connectivity index (χ0v) is 5.69. The Bertz CT molecular complexity index is 387. The third-order valence-corrected chi connectivity index (χ3v) is 1.48. The van der Waals surface area contributed by atoms with Crippen LogP contribution in [-0.4, -0.2) is 5.10 Å². The van der Waals surface area contributed by atoms with Gasteiger partial charge in [-0.25, -0.2) is 0 Å². The van der Waals surface area contributed by atoms with Gasteiger partial charge in [0, 0.05) is 10.5 Å². The van der Waals surface area contributed by atoms with E-state index in [0.717, 1.165) is 10.8 Å². The molecule has 1 radical (unpaired) electrons. The SMILES string of the molecule is [O-][n+]1[c]c2ccccc2cn1. The van der Waals surface area contributed by atoms with Crippen LogP contribution in [-0.2, 0) is 0 Å². The van der Waals surface area contributed by atoms with Gasteiger partial charge in [-0.05, 0) is 10.9 Å². The van der Waals surface area contributed by atoms with Crippen molar-refractivity contribution in [3.8, 4) is 0 Å². The van der Waals surface area contributed by atoms with Crippen LogP contribution in [0.25, 0.3) is 10.8 Å². The predicted octanol–water partition coefficient (Wildman–Crippen LogP) is 0.668. The number of hydrogen-bond acceptors (Lipinski definition) is 2. The molecule has 0 aliphatic rings. The van der Waals surface area contributed by atoms with E-state index in [-0.39, 0.29) is 0 Å². The minimum absolute atomic E-state index is 0.433. The maximum atomic E-state index is 10.6. The number of rotatable bonds is 0. The summed E-state index contributed by atoms with van der Waals surface area (Å²) in [6.45, 7) is 0. The maximum absolute atomic E-state index is 10.6. The van der Waals surface area contributed by atoms with Crippen molar-refractivity contribution in [2.24, 2.45) is 0 Å². The molecule has 53 valence electrons. The highest BCUT2D eigenvalue weighted by Crippen LogP contribution is 2.07. The van der Waals surface area contributed by atoms with Crippen LogP contribution in [0.2, 0.25) is 0 Å². The Morgan fingerprint density at radius 2 is 2.18 bits per heavy atom. The number of hydrogen-bond donors (Lipinski definition) is 0. The lowest BCUT2D eigenvalue weighted by atomic mass is 10.2. The van der Waals surface area contributed by atoms with E-state index in [1.165, 1.54) is 6.20 Å². The van der Waals surface area contributed by atoms with Gasteiger partial charge in [0.2, 0.25) is 0 Å². The highest BCUT2D eigenvalue weighted by molar-refractivity contribution is 5.79. The van der Waals surface area contributed by atoms with Crippen molar-refractivity contribution >= 4 is 10.8 Å². The Kier molecular flexibility index (Phi) is 1.22. The van der Waals surface area contributed by atoms with E-state index >= 15 is 0 Å². The molecule has 0 atom stereocenters. The lowest BCUT2D eigenvalue weighted by Crippen LogP contribution is -2.30. The molecule has 0 amide bonds. The van der Waals surface area contributed by atoms with E-state index in [9.17, 15) is 5.21 Å². The number of aromatic nitrogens is 2. The van der Waals surface area contributed by atoms with Gasteiger partial charge in [-0.1, -0.05) is 18.2 Å². The second kappa shape index (κ2) is 2.20. The molecule has 11 heavy (non-hydrogen) atoms. The first-order chi connectivity index (χ1) is 5.36. The molecule has 1 heterocycles. The molecule has 0 saturated carbocycles. The fourth-order valence-corrected chi connectivity index (χ4v) is 0.958. The topological polar surface area (TPSA) is 39.8 Å². The normalized spacial score (nSPS) is 10.2. The van der Waals surface area contributed by atoms with Crippen LogP contribution in [0.3, 0.4) is 0 Å². The molecule has 0 fully saturated rings. The summed E-state index contributed by atoms with van der Waals surface area (Å²) in [5.41, 5.74) is 0. The van der Waals surface area contributed by atoms with Gasteiger partial charge in [-0.15, -0.1) is 0 Å². The van der Waals surface area contributed by atoms with Crippen molar-refractivity contribution in [1.29, 1.82) is 0 Å². The lowest BCUT2D eigenvalue weighted by molar-refractivity contribution is -0.671. The molecule has 0 aliphatic carbocycles. The smallest absolute Gasteiger partial charge is 0.327 e. The van der Waals surface area contributed by atoms with Crippen molar-refractivity contribution in [2.75, 3.05) is 0 Å². The van der Waals surface area contributed by atoms with Gasteiger partial charge in [-0.3, -0.25) is 0 Å². The molecule has 0 aliphatic heterocycles. The summed E-state index contributed by atoms with van der Waals surface area (Å²) in [6.07, 6.45) is 4.07. The molecule has 2 rings (SSSR count). The molecule has 0 saturated heterocycles. The molecule has 1 aromatic heterocycles. The first kappa shape index (κ1) is 6.09. The van der Waals surface area contributed by atoms with Crippen molar-refractivity contribution in [3.63, 3.8) is 0 Å². The number of nitrogens with zero attached hydrogens (tertiary/aromatic N) is 2. The van der Waals surface area contributed by atoms with E-state index < -0.39 is 0 Å². The first-order valence-electron chi connectivity index (χ1n) is 3.23. The highest BCUT2D eigenvalue weighted by atomic mass is 16.5. The maximum Gasteiger partial charge on any atom is 0.327 e. The molecular formula is C8H5N2O. The molecule has 0 unspecified atom stereocenters. The van der Waals surface area contributed by atoms with Gasteiger partial charge in [0.05, 0.1) is 5.39 Å². The van der Waals surface area contributed by atoms with Crippen LogP contribution in [0.15, 0.2) is 30.5 Å². The van der Waals surface area contributed by atoms with Crippen molar-refractivity contribution in [3.05, 3.63) is 41.9 Å². The second-order valence-electron chi connectivity index (χ2n) is 2.22. The van der Waals surface area contributed by atoms with Gasteiger partial charge < -0.3 is 5.21 Å². The summed E-state index contributed by atoms with van der Waals surface area (Å²) >= 11 is 0. The Morgan fingerprint density at radius 3 is 3.09 bits per heavy atom. The largest absolute Gasteiger partial charge is 0.594 e. The minimum Gasteiger partial charge on any atom is -0.594 e. The van der Waals surface area contributed by atoms with Crippen molar-refractivity contribution in [1.82, 2.24) is 5.10 Å². The zero-order chi connectivity index (χ0) is 7.68. The molecule has 3 heteroatoms. The molecule has 1 aromatic carbocycles. The average molecular weight is 145 g/mol. The fraction of sp³-hybridized carbons (Fsp3) is 0. The lowest BCUT2D eigenvalue weighted by Gasteiger charge is -1.92. The summed E-state index contributed by atoms with van der Waals surface area (Å²) < 4.78 is 0. The zero-order valence-electron chi connectivity index (χ0n) is 5.69. The quantitative estimate of drug-likeness (QED) is 0.403. The minimum atomic E-state index is 0.433. The standard InChI is InChI=1S/C8H5N2O/c11-10-6-8-4-2-1-3-7(8)5-9-10/h1-5H. The van der Waals surface area contributed by atoms with Gasteiger partial charge in [0.1, 0.15) is 6.20 Å². The average Bonchev–Trinajstić information content (AvgIpc) is 2.04. The van der Waals surface area contributed by atoms with Crippen molar-refractivity contribution in [2.45, 2.75) is 0 Å². The summed E-state index contributed by atoms with van der Waals surface area (Å²) in [5, 5.41) is 15.9. The monoisotopic (exact) mass is 145 g/mol. The molecule has 0 spiro atoms. The van der Waals surface area contributed by atoms with Crippen LogP contribution in [0.4, 0.5) is 0 Å². The van der Waals surface area contributed by atoms with E-state index in [4.69, 9.17) is 0 Å². The summed E-state index contributed by atoms with van der Waals surface area (Å²) in [4.78, 5) is 0.433. The van der Waals surface area contributed by atoms with Crippen LogP contribution < -0.4 is 4.85 Å². The van der Waals surface area contributed by atoms with Crippen molar-refractivity contribution < 1.29 is 4.85 Å². The van der Waals surface area contributed by atoms with E-state index in [1.807, 2.05) is 24.3 Å². The predicted molar refractivity (Wildman–Crippen MR) is 39.5 cm³/mol. The third-order valence-electron chi connectivity index (χ3n) is 1.48. The fourth-order valence-electron chi connectivity index (χ4n) is 0.958. The number of benzene rings is 1. The van der Waals surface area contributed by atoms with E-state index in [2.05, 4.69) is 11.3 Å². The Morgan fingerprint density at radius 1 is 1.36 bits per heavy atom. The molecule has 3 nitrogen and oxygen atoms in total. The molecular weight excluding hydrogens is 140 g/mol. The summed E-state index contributed by atoms with van der Waals surface area (Å²) in [5.74, 6) is 0. The Balaban J connectivity index is 2.83. The van der Waals surface area contributed by atoms with Gasteiger partial charge in [-0.2, -0.15) is 0 Å². The first-order valence-corrected chi connectivity index (χ1v) is 3.23. The van der Waals surface area contributed by atoms with Gasteiger partial charge in [0.15, 0.2) is 0 Å². The molecule has 2 aromatic rings. The van der Waals surface area contributed by atoms with Crippen LogP contribution >= 0.6 is 0 Å². The third kappa shape index (κ3) is 1.00. The molecule has 0 bridgehead atoms. The summed E-state index contributed by atoms with van der Waals surface area (Å²) in [7, 11) is 0.